The molecule has 0 aliphatic carbocycles. The van der Waals surface area contributed by atoms with Crippen molar-refractivity contribution in [2.24, 2.45) is 5.73 Å². The molecular formula is C13H12ClN3O2S2. The zero-order valence-electron chi connectivity index (χ0n) is 10.8. The third-order valence-electron chi connectivity index (χ3n) is 2.35. The number of primary amides is 1. The largest absolute Gasteiger partial charge is 0.369 e. The lowest BCUT2D eigenvalue weighted by atomic mass is 10.2. The minimum Gasteiger partial charge on any atom is -0.369 e. The van der Waals surface area contributed by atoms with Gasteiger partial charge in [-0.05, 0) is 18.2 Å². The molecule has 0 atom stereocenters. The molecule has 0 spiro atoms. The summed E-state index contributed by atoms with van der Waals surface area (Å²) in [7, 11) is 0. The average Bonchev–Trinajstić information content (AvgIpc) is 2.86. The van der Waals surface area contributed by atoms with E-state index in [0.717, 1.165) is 5.69 Å². The Bertz CT molecular complexity index is 660. The van der Waals surface area contributed by atoms with Gasteiger partial charge in [0.05, 0.1) is 11.4 Å². The number of nitrogens with one attached hydrogen (secondary N) is 1. The van der Waals surface area contributed by atoms with E-state index in [9.17, 15) is 9.59 Å². The number of hydrogen-bond donors (Lipinski definition) is 2. The maximum Gasteiger partial charge on any atom is 0.257 e. The fourth-order valence-corrected chi connectivity index (χ4v) is 3.15. The Balaban J connectivity index is 1.93. The number of benzene rings is 1. The van der Waals surface area contributed by atoms with Gasteiger partial charge in [-0.1, -0.05) is 17.7 Å². The molecule has 0 fully saturated rings. The third-order valence-corrected chi connectivity index (χ3v) is 4.38. The second kappa shape index (κ2) is 7.44. The van der Waals surface area contributed by atoms with Crippen LogP contribution in [0.25, 0.3) is 0 Å². The van der Waals surface area contributed by atoms with Crippen LogP contribution in [0.2, 0.25) is 5.02 Å². The zero-order valence-corrected chi connectivity index (χ0v) is 13.2. The van der Waals surface area contributed by atoms with Crippen LogP contribution in [-0.2, 0) is 10.5 Å². The van der Waals surface area contributed by atoms with Crippen LogP contribution in [0.1, 0.15) is 16.1 Å². The number of carbonyl (C=O) groups excluding carboxylic acids is 2. The SMILES string of the molecule is NC(=O)CSCc1csc(NC(=O)c2cccc(Cl)c2)n1. The molecule has 1 heterocycles. The Hall–Kier alpha value is -1.57. The average molecular weight is 342 g/mol. The normalized spacial score (nSPS) is 10.3. The molecule has 0 aliphatic heterocycles. The van der Waals surface area contributed by atoms with Crippen molar-refractivity contribution in [1.29, 1.82) is 0 Å². The van der Waals surface area contributed by atoms with Crippen LogP contribution < -0.4 is 11.1 Å². The van der Waals surface area contributed by atoms with Crippen molar-refractivity contribution in [3.63, 3.8) is 0 Å². The minimum absolute atomic E-state index is 0.252. The molecule has 110 valence electrons. The highest BCUT2D eigenvalue weighted by molar-refractivity contribution is 7.99. The van der Waals surface area contributed by atoms with Crippen LogP contribution in [0.15, 0.2) is 29.6 Å². The van der Waals surface area contributed by atoms with E-state index in [0.29, 0.717) is 21.5 Å². The molecule has 21 heavy (non-hydrogen) atoms. The first-order valence-corrected chi connectivity index (χ1v) is 8.33. The molecule has 0 radical (unpaired) electrons. The van der Waals surface area contributed by atoms with Crippen molar-refractivity contribution in [1.82, 2.24) is 4.98 Å². The summed E-state index contributed by atoms with van der Waals surface area (Å²) in [5, 5.41) is 5.56. The first kappa shape index (κ1) is 15.8. The maximum absolute atomic E-state index is 12.0. The number of thioether (sulfide) groups is 1. The Morgan fingerprint density at radius 3 is 2.95 bits per heavy atom. The monoisotopic (exact) mass is 341 g/mol. The van der Waals surface area contributed by atoms with Crippen LogP contribution in [0.3, 0.4) is 0 Å². The number of rotatable bonds is 6. The molecule has 5 nitrogen and oxygen atoms in total. The standard InChI is InChI=1S/C13H12ClN3O2S2/c14-9-3-1-2-8(4-9)12(19)17-13-16-10(6-21-13)5-20-7-11(15)18/h1-4,6H,5,7H2,(H2,15,18)(H,16,17,19). The Morgan fingerprint density at radius 1 is 1.43 bits per heavy atom. The molecule has 8 heteroatoms. The van der Waals surface area contributed by atoms with Crippen LogP contribution in [0.4, 0.5) is 5.13 Å². The smallest absolute Gasteiger partial charge is 0.257 e. The van der Waals surface area contributed by atoms with Gasteiger partial charge in [-0.15, -0.1) is 23.1 Å². The molecule has 1 aromatic carbocycles. The number of aromatic nitrogens is 1. The fourth-order valence-electron chi connectivity index (χ4n) is 1.49. The number of amides is 2. The molecule has 0 bridgehead atoms. The highest BCUT2D eigenvalue weighted by Gasteiger charge is 2.09. The van der Waals surface area contributed by atoms with E-state index in [-0.39, 0.29) is 17.6 Å². The number of thiazole rings is 1. The van der Waals surface area contributed by atoms with Gasteiger partial charge >= 0.3 is 0 Å². The number of nitrogens with zero attached hydrogens (tertiary/aromatic N) is 1. The summed E-state index contributed by atoms with van der Waals surface area (Å²) >= 11 is 8.56. The molecule has 0 saturated carbocycles. The lowest BCUT2D eigenvalue weighted by molar-refractivity contribution is -0.115. The summed E-state index contributed by atoms with van der Waals surface area (Å²) in [5.41, 5.74) is 6.33. The number of nitrogens with two attached hydrogens (primary N) is 1. The van der Waals surface area contributed by atoms with Crippen LogP contribution in [0.5, 0.6) is 0 Å². The summed E-state index contributed by atoms with van der Waals surface area (Å²) in [6.45, 7) is 0. The van der Waals surface area contributed by atoms with E-state index in [1.165, 1.54) is 23.1 Å². The van der Waals surface area contributed by atoms with Crippen molar-refractivity contribution in [3.8, 4) is 0 Å². The van der Waals surface area contributed by atoms with E-state index in [4.69, 9.17) is 17.3 Å². The lowest BCUT2D eigenvalue weighted by Crippen LogP contribution is -2.13. The molecule has 2 amide bonds. The Morgan fingerprint density at radius 2 is 2.24 bits per heavy atom. The predicted molar refractivity (Wildman–Crippen MR) is 86.9 cm³/mol. The van der Waals surface area contributed by atoms with Crippen LogP contribution in [0, 0.1) is 0 Å². The molecule has 0 saturated heterocycles. The number of carbonyl (C=O) groups is 2. The Kier molecular flexibility index (Phi) is 5.60. The van der Waals surface area contributed by atoms with Gasteiger partial charge in [-0.3, -0.25) is 14.9 Å². The minimum atomic E-state index is -0.357. The molecule has 2 aromatic rings. The van der Waals surface area contributed by atoms with Crippen LogP contribution >= 0.6 is 34.7 Å². The highest BCUT2D eigenvalue weighted by atomic mass is 35.5. The first-order chi connectivity index (χ1) is 10.0. The van der Waals surface area contributed by atoms with Gasteiger partial charge in [0.1, 0.15) is 0 Å². The maximum atomic E-state index is 12.0. The molecule has 2 rings (SSSR count). The zero-order chi connectivity index (χ0) is 15.2. The van der Waals surface area contributed by atoms with Gasteiger partial charge in [0.15, 0.2) is 5.13 Å². The van der Waals surface area contributed by atoms with E-state index in [1.807, 2.05) is 5.38 Å². The number of hydrogen-bond acceptors (Lipinski definition) is 5. The van der Waals surface area contributed by atoms with Crippen molar-refractivity contribution in [2.45, 2.75) is 5.75 Å². The summed E-state index contributed by atoms with van der Waals surface area (Å²) in [4.78, 5) is 26.9. The second-order valence-electron chi connectivity index (χ2n) is 4.07. The van der Waals surface area contributed by atoms with E-state index in [2.05, 4.69) is 10.3 Å². The van der Waals surface area contributed by atoms with E-state index < -0.39 is 0 Å². The van der Waals surface area contributed by atoms with Gasteiger partial charge in [0.25, 0.3) is 5.91 Å². The molecule has 0 aliphatic rings. The number of anilines is 1. The van der Waals surface area contributed by atoms with Crippen molar-refractivity contribution < 1.29 is 9.59 Å². The third kappa shape index (κ3) is 5.04. The topological polar surface area (TPSA) is 85.1 Å². The predicted octanol–water partition coefficient (Wildman–Crippen LogP) is 2.77. The van der Waals surface area contributed by atoms with E-state index >= 15 is 0 Å². The summed E-state index contributed by atoms with van der Waals surface area (Å²) in [6.07, 6.45) is 0. The molecule has 1 aromatic heterocycles. The molecular weight excluding hydrogens is 330 g/mol. The summed E-state index contributed by atoms with van der Waals surface area (Å²) < 4.78 is 0. The van der Waals surface area contributed by atoms with Crippen LogP contribution in [-0.4, -0.2) is 22.6 Å². The van der Waals surface area contributed by atoms with E-state index in [1.54, 1.807) is 24.3 Å². The van der Waals surface area contributed by atoms with Crippen molar-refractivity contribution in [2.75, 3.05) is 11.1 Å². The first-order valence-electron chi connectivity index (χ1n) is 5.92. The Labute approximate surface area is 134 Å². The van der Waals surface area contributed by atoms with Crippen molar-refractivity contribution >= 4 is 51.6 Å². The summed E-state index contributed by atoms with van der Waals surface area (Å²) in [6, 6.07) is 6.69. The van der Waals surface area contributed by atoms with Gasteiger partial charge in [-0.25, -0.2) is 4.98 Å². The fraction of sp³-hybridized carbons (Fsp3) is 0.154. The van der Waals surface area contributed by atoms with Gasteiger partial charge < -0.3 is 5.73 Å². The summed E-state index contributed by atoms with van der Waals surface area (Å²) in [5.74, 6) is 0.210. The van der Waals surface area contributed by atoms with Gasteiger partial charge in [0.2, 0.25) is 5.91 Å². The van der Waals surface area contributed by atoms with Gasteiger partial charge in [-0.2, -0.15) is 0 Å². The molecule has 0 unspecified atom stereocenters. The van der Waals surface area contributed by atoms with Crippen molar-refractivity contribution in [3.05, 3.63) is 45.9 Å². The molecule has 3 N–H and O–H groups in total. The highest BCUT2D eigenvalue weighted by Crippen LogP contribution is 2.20. The lowest BCUT2D eigenvalue weighted by Gasteiger charge is -2.01. The van der Waals surface area contributed by atoms with Gasteiger partial charge in [0, 0.05) is 21.7 Å². The second-order valence-corrected chi connectivity index (χ2v) is 6.35. The quantitative estimate of drug-likeness (QED) is 0.846. The number of halogens is 1.